The van der Waals surface area contributed by atoms with Crippen molar-refractivity contribution >= 4 is 5.57 Å². The van der Waals surface area contributed by atoms with E-state index in [9.17, 15) is 8.78 Å². The van der Waals surface area contributed by atoms with Crippen LogP contribution in [0, 0.1) is 5.82 Å². The van der Waals surface area contributed by atoms with Gasteiger partial charge in [0.15, 0.2) is 5.67 Å². The Balaban J connectivity index is 1.80. The first-order valence-electron chi connectivity index (χ1n) is 10.6. The number of halogens is 3. The maximum Gasteiger partial charge on any atom is 0.165 e. The minimum absolute atomic E-state index is 0.143. The van der Waals surface area contributed by atoms with Gasteiger partial charge >= 0.3 is 0 Å². The van der Waals surface area contributed by atoms with Gasteiger partial charge in [0, 0.05) is 12.0 Å². The average Bonchev–Trinajstić information content (AvgIpc) is 2.73. The molecule has 0 radical (unpaired) electrons. The largest absolute Gasteiger partial charge is 0.233 e. The quantitative estimate of drug-likeness (QED) is 0.373. The molecular formula is C26H29F3. The Labute approximate surface area is 172 Å². The summed E-state index contributed by atoms with van der Waals surface area (Å²) in [5, 5.41) is 0. The molecule has 0 amide bonds. The molecule has 0 aromatic heterocycles. The molecule has 1 unspecified atom stereocenters. The maximum atomic E-state index is 16.1. The lowest BCUT2D eigenvalue weighted by Crippen LogP contribution is -2.24. The summed E-state index contributed by atoms with van der Waals surface area (Å²) in [6.07, 6.45) is 10.5. The lowest BCUT2D eigenvalue weighted by Gasteiger charge is -2.31. The molecule has 3 rings (SSSR count). The van der Waals surface area contributed by atoms with Crippen molar-refractivity contribution in [3.63, 3.8) is 0 Å². The van der Waals surface area contributed by atoms with Crippen LogP contribution in [0.1, 0.15) is 68.6 Å². The van der Waals surface area contributed by atoms with Crippen LogP contribution in [-0.4, -0.2) is 0 Å². The lowest BCUT2D eigenvalue weighted by molar-refractivity contribution is 0.246. The zero-order valence-corrected chi connectivity index (χ0v) is 17.1. The third-order valence-corrected chi connectivity index (χ3v) is 5.63. The second-order valence-corrected chi connectivity index (χ2v) is 7.88. The Morgan fingerprint density at radius 2 is 1.66 bits per heavy atom. The summed E-state index contributed by atoms with van der Waals surface area (Å²) >= 11 is 0. The van der Waals surface area contributed by atoms with E-state index in [1.165, 1.54) is 62.5 Å². The lowest BCUT2D eigenvalue weighted by atomic mass is 9.78. The molecule has 3 heteroatoms. The molecule has 0 heterocycles. The fourth-order valence-corrected chi connectivity index (χ4v) is 3.98. The van der Waals surface area contributed by atoms with Crippen molar-refractivity contribution in [1.29, 1.82) is 0 Å². The zero-order chi connectivity index (χ0) is 20.7. The minimum atomic E-state index is -1.95. The highest BCUT2D eigenvalue weighted by atomic mass is 19.1. The molecule has 0 N–H and O–H groups in total. The molecule has 0 bridgehead atoms. The summed E-state index contributed by atoms with van der Waals surface area (Å²) in [6, 6.07) is 13.2. The minimum Gasteiger partial charge on any atom is -0.233 e. The van der Waals surface area contributed by atoms with Crippen molar-refractivity contribution < 1.29 is 13.2 Å². The average molecular weight is 399 g/mol. The molecule has 0 nitrogen and oxygen atoms in total. The molecule has 29 heavy (non-hydrogen) atoms. The SMILES string of the molecule is CCCCCCCCc1cccc(C2=CC(F)=CCC2(F)c2cccc(F)c2)c1. The van der Waals surface area contributed by atoms with E-state index in [0.29, 0.717) is 5.56 Å². The van der Waals surface area contributed by atoms with Crippen molar-refractivity contribution in [2.45, 2.75) is 64.0 Å². The second-order valence-electron chi connectivity index (χ2n) is 7.88. The highest BCUT2D eigenvalue weighted by Crippen LogP contribution is 2.46. The van der Waals surface area contributed by atoms with Gasteiger partial charge in [0.1, 0.15) is 11.6 Å². The molecule has 0 spiro atoms. The van der Waals surface area contributed by atoms with Gasteiger partial charge in [0.05, 0.1) is 0 Å². The summed E-state index contributed by atoms with van der Waals surface area (Å²) in [5.41, 5.74) is 0.303. The fourth-order valence-electron chi connectivity index (χ4n) is 3.98. The van der Waals surface area contributed by atoms with Gasteiger partial charge in [-0.25, -0.2) is 13.2 Å². The van der Waals surface area contributed by atoms with E-state index in [4.69, 9.17) is 0 Å². The van der Waals surface area contributed by atoms with Crippen LogP contribution < -0.4 is 0 Å². The number of unbranched alkanes of at least 4 members (excludes halogenated alkanes) is 5. The molecule has 1 aliphatic rings. The molecule has 1 atom stereocenters. The molecule has 2 aromatic carbocycles. The van der Waals surface area contributed by atoms with E-state index in [-0.39, 0.29) is 17.6 Å². The van der Waals surface area contributed by atoms with Gasteiger partial charge in [-0.05, 0) is 53.8 Å². The Morgan fingerprint density at radius 3 is 2.45 bits per heavy atom. The predicted molar refractivity (Wildman–Crippen MR) is 114 cm³/mol. The van der Waals surface area contributed by atoms with Crippen LogP contribution >= 0.6 is 0 Å². The number of alkyl halides is 1. The molecule has 2 aromatic rings. The smallest absolute Gasteiger partial charge is 0.165 e. The van der Waals surface area contributed by atoms with E-state index >= 15 is 4.39 Å². The van der Waals surface area contributed by atoms with Crippen LogP contribution in [0.5, 0.6) is 0 Å². The van der Waals surface area contributed by atoms with Gasteiger partial charge in [-0.3, -0.25) is 0 Å². The van der Waals surface area contributed by atoms with Gasteiger partial charge in [-0.15, -0.1) is 0 Å². The third-order valence-electron chi connectivity index (χ3n) is 5.63. The van der Waals surface area contributed by atoms with Crippen LogP contribution in [0.4, 0.5) is 13.2 Å². The maximum absolute atomic E-state index is 16.1. The summed E-state index contributed by atoms with van der Waals surface area (Å²) in [5.74, 6) is -0.947. The normalized spacial score (nSPS) is 19.0. The van der Waals surface area contributed by atoms with Crippen LogP contribution in [-0.2, 0) is 12.1 Å². The predicted octanol–water partition coefficient (Wildman–Crippen LogP) is 8.23. The number of hydrogen-bond acceptors (Lipinski definition) is 0. The van der Waals surface area contributed by atoms with Gasteiger partial charge in [0.25, 0.3) is 0 Å². The van der Waals surface area contributed by atoms with Crippen LogP contribution in [0.2, 0.25) is 0 Å². The van der Waals surface area contributed by atoms with E-state index in [1.807, 2.05) is 24.3 Å². The number of rotatable bonds is 9. The first kappa shape index (κ1) is 21.4. The summed E-state index contributed by atoms with van der Waals surface area (Å²) in [7, 11) is 0. The number of benzene rings is 2. The molecule has 0 aliphatic heterocycles. The van der Waals surface area contributed by atoms with Crippen molar-refractivity contribution in [3.8, 4) is 0 Å². The molecule has 0 saturated carbocycles. The first-order chi connectivity index (χ1) is 14.0. The summed E-state index contributed by atoms with van der Waals surface area (Å²) < 4.78 is 43.9. The van der Waals surface area contributed by atoms with Gasteiger partial charge < -0.3 is 0 Å². The highest BCUT2D eigenvalue weighted by Gasteiger charge is 2.39. The number of hydrogen-bond donors (Lipinski definition) is 0. The standard InChI is InChI=1S/C26H29F3/c1-2-3-4-5-6-7-10-20-11-8-12-21(17-20)25-19-24(28)15-16-26(25,29)22-13-9-14-23(27)18-22/h8-9,11-15,17-19H,2-7,10,16H2,1H3. The fraction of sp³-hybridized carbons (Fsp3) is 0.385. The summed E-state index contributed by atoms with van der Waals surface area (Å²) in [4.78, 5) is 0. The van der Waals surface area contributed by atoms with Crippen molar-refractivity contribution in [2.75, 3.05) is 0 Å². The van der Waals surface area contributed by atoms with Crippen LogP contribution in [0.25, 0.3) is 5.57 Å². The van der Waals surface area contributed by atoms with E-state index in [0.717, 1.165) is 18.4 Å². The molecule has 0 fully saturated rings. The van der Waals surface area contributed by atoms with Crippen molar-refractivity contribution in [2.24, 2.45) is 0 Å². The summed E-state index contributed by atoms with van der Waals surface area (Å²) in [6.45, 7) is 2.21. The molecular weight excluding hydrogens is 369 g/mol. The Morgan fingerprint density at radius 1 is 0.897 bits per heavy atom. The molecule has 1 aliphatic carbocycles. The topological polar surface area (TPSA) is 0 Å². The van der Waals surface area contributed by atoms with Crippen LogP contribution in [0.15, 0.2) is 66.5 Å². The van der Waals surface area contributed by atoms with E-state index < -0.39 is 17.3 Å². The van der Waals surface area contributed by atoms with Gasteiger partial charge in [-0.2, -0.15) is 0 Å². The zero-order valence-electron chi connectivity index (χ0n) is 17.1. The first-order valence-corrected chi connectivity index (χ1v) is 10.6. The van der Waals surface area contributed by atoms with Crippen LogP contribution in [0.3, 0.4) is 0 Å². The molecule has 154 valence electrons. The van der Waals surface area contributed by atoms with E-state index in [2.05, 4.69) is 6.92 Å². The Hall–Kier alpha value is -2.29. The van der Waals surface area contributed by atoms with E-state index in [1.54, 1.807) is 6.07 Å². The Bertz CT molecular complexity index is 881. The highest BCUT2D eigenvalue weighted by molar-refractivity contribution is 5.77. The second kappa shape index (κ2) is 9.96. The monoisotopic (exact) mass is 398 g/mol. The van der Waals surface area contributed by atoms with Crippen molar-refractivity contribution in [1.82, 2.24) is 0 Å². The van der Waals surface area contributed by atoms with Gasteiger partial charge in [0.2, 0.25) is 0 Å². The van der Waals surface area contributed by atoms with Gasteiger partial charge in [-0.1, -0.05) is 75.4 Å². The van der Waals surface area contributed by atoms with Crippen molar-refractivity contribution in [3.05, 3.63) is 89.0 Å². The number of aryl methyl sites for hydroxylation is 1. The molecule has 0 saturated heterocycles. The third kappa shape index (κ3) is 5.41. The number of allylic oxidation sites excluding steroid dienone is 4. The Kier molecular flexibility index (Phi) is 7.35.